The van der Waals surface area contributed by atoms with Crippen LogP contribution in [-0.2, 0) is 15.0 Å². The van der Waals surface area contributed by atoms with E-state index in [1.54, 1.807) is 4.90 Å². The molecule has 1 spiro atoms. The molecule has 2 aliphatic rings. The van der Waals surface area contributed by atoms with E-state index in [1.165, 1.54) is 5.56 Å². The normalized spacial score (nSPS) is 17.6. The van der Waals surface area contributed by atoms with Gasteiger partial charge in [-0.2, -0.15) is 0 Å². The molecule has 2 aromatic carbocycles. The minimum Gasteiger partial charge on any atom is -0.353 e. The number of carbonyl (C=O) groups is 3. The lowest BCUT2D eigenvalue weighted by atomic mass is 9.84. The van der Waals surface area contributed by atoms with E-state index in [0.717, 1.165) is 5.69 Å². The summed E-state index contributed by atoms with van der Waals surface area (Å²) < 4.78 is 0. The van der Waals surface area contributed by atoms with Crippen LogP contribution >= 0.6 is 0 Å². The summed E-state index contributed by atoms with van der Waals surface area (Å²) in [6, 6.07) is 17.6. The molecule has 0 radical (unpaired) electrons. The molecule has 2 aliphatic heterocycles. The molecule has 2 fully saturated rings. The van der Waals surface area contributed by atoms with E-state index >= 15 is 0 Å². The molecule has 8 heteroatoms. The molecule has 0 atom stereocenters. The highest BCUT2D eigenvalue weighted by Crippen LogP contribution is 2.39. The van der Waals surface area contributed by atoms with Crippen molar-refractivity contribution >= 4 is 23.4 Å². The highest BCUT2D eigenvalue weighted by atomic mass is 16.2. The van der Waals surface area contributed by atoms with E-state index in [9.17, 15) is 14.4 Å². The third kappa shape index (κ3) is 5.09. The van der Waals surface area contributed by atoms with Gasteiger partial charge in [0.15, 0.2) is 0 Å². The molecule has 2 aromatic rings. The molecular weight excluding hydrogens is 454 g/mol. The van der Waals surface area contributed by atoms with E-state index in [1.807, 2.05) is 59.5 Å². The van der Waals surface area contributed by atoms with Crippen LogP contribution in [0.4, 0.5) is 5.69 Å². The number of carbonyl (C=O) groups excluding carboxylic acids is 3. The molecule has 0 aromatic heterocycles. The largest absolute Gasteiger partial charge is 0.353 e. The van der Waals surface area contributed by atoms with E-state index < -0.39 is 5.54 Å². The fourth-order valence-corrected chi connectivity index (χ4v) is 5.14. The Bertz CT molecular complexity index is 1090. The number of nitrogens with one attached hydrogen (secondary N) is 1. The Morgan fingerprint density at radius 1 is 1.00 bits per heavy atom. The maximum atomic E-state index is 13.7. The van der Waals surface area contributed by atoms with Crippen molar-refractivity contribution in [2.24, 2.45) is 5.73 Å². The maximum absolute atomic E-state index is 13.7. The van der Waals surface area contributed by atoms with E-state index in [2.05, 4.69) is 31.0 Å². The lowest BCUT2D eigenvalue weighted by Gasteiger charge is -2.43. The second-order valence-corrected chi connectivity index (χ2v) is 10.7. The Morgan fingerprint density at radius 2 is 1.64 bits per heavy atom. The van der Waals surface area contributed by atoms with Gasteiger partial charge in [-0.3, -0.25) is 14.4 Å². The SMILES string of the molecule is CC(C)(C)c1ccc(C(=O)N2CCC3(CC2)C(=O)N(CC(=O)NCCN)CN3c2ccccc2)cc1. The van der Waals surface area contributed by atoms with Gasteiger partial charge in [0.2, 0.25) is 5.91 Å². The molecule has 0 aliphatic carbocycles. The van der Waals surface area contributed by atoms with E-state index in [4.69, 9.17) is 5.73 Å². The van der Waals surface area contributed by atoms with Gasteiger partial charge in [-0.05, 0) is 48.1 Å². The number of piperidine rings is 1. The van der Waals surface area contributed by atoms with Crippen molar-refractivity contribution in [1.29, 1.82) is 0 Å². The maximum Gasteiger partial charge on any atom is 0.253 e. The number of likely N-dealkylation sites (tertiary alicyclic amines) is 1. The lowest BCUT2D eigenvalue weighted by molar-refractivity contribution is -0.137. The number of hydrogen-bond donors (Lipinski definition) is 2. The standard InChI is InChI=1S/C28H37N5O3/c1-27(2,3)22-11-9-21(10-12-22)25(35)31-17-13-28(14-18-31)26(36)32(19-24(34)30-16-15-29)20-33(28)23-7-5-4-6-8-23/h4-12H,13-20,29H2,1-3H3,(H,30,34). The zero-order valence-corrected chi connectivity index (χ0v) is 21.5. The van der Waals surface area contributed by atoms with Gasteiger partial charge in [0.25, 0.3) is 11.8 Å². The van der Waals surface area contributed by atoms with Crippen LogP contribution in [0.1, 0.15) is 49.5 Å². The van der Waals surface area contributed by atoms with Crippen molar-refractivity contribution in [3.05, 3.63) is 65.7 Å². The van der Waals surface area contributed by atoms with Crippen molar-refractivity contribution in [2.75, 3.05) is 44.3 Å². The van der Waals surface area contributed by atoms with Crippen LogP contribution in [0, 0.1) is 0 Å². The fourth-order valence-electron chi connectivity index (χ4n) is 5.14. The quantitative estimate of drug-likeness (QED) is 0.646. The first-order valence-electron chi connectivity index (χ1n) is 12.6. The first-order valence-corrected chi connectivity index (χ1v) is 12.6. The molecule has 3 amide bonds. The third-order valence-electron chi connectivity index (χ3n) is 7.26. The number of amides is 3. The predicted molar refractivity (Wildman–Crippen MR) is 141 cm³/mol. The first-order chi connectivity index (χ1) is 17.2. The molecule has 0 saturated carbocycles. The minimum atomic E-state index is -0.775. The third-order valence-corrected chi connectivity index (χ3v) is 7.26. The van der Waals surface area contributed by atoms with Crippen LogP contribution in [0.25, 0.3) is 0 Å². The predicted octanol–water partition coefficient (Wildman–Crippen LogP) is 2.34. The van der Waals surface area contributed by atoms with Gasteiger partial charge in [-0.25, -0.2) is 0 Å². The number of hydrogen-bond acceptors (Lipinski definition) is 5. The summed E-state index contributed by atoms with van der Waals surface area (Å²) in [6.07, 6.45) is 1.01. The second-order valence-electron chi connectivity index (χ2n) is 10.7. The van der Waals surface area contributed by atoms with Crippen LogP contribution in [0.3, 0.4) is 0 Å². The molecule has 8 nitrogen and oxygen atoms in total. The summed E-state index contributed by atoms with van der Waals surface area (Å²) in [5.74, 6) is -0.291. The van der Waals surface area contributed by atoms with Gasteiger partial charge in [-0.15, -0.1) is 0 Å². The number of benzene rings is 2. The molecular formula is C28H37N5O3. The van der Waals surface area contributed by atoms with Crippen molar-refractivity contribution in [3.8, 4) is 0 Å². The lowest BCUT2D eigenvalue weighted by Crippen LogP contribution is -2.57. The summed E-state index contributed by atoms with van der Waals surface area (Å²) >= 11 is 0. The van der Waals surface area contributed by atoms with Gasteiger partial charge < -0.3 is 25.8 Å². The Labute approximate surface area is 213 Å². The van der Waals surface area contributed by atoms with Gasteiger partial charge >= 0.3 is 0 Å². The molecule has 0 unspecified atom stereocenters. The van der Waals surface area contributed by atoms with Crippen molar-refractivity contribution in [3.63, 3.8) is 0 Å². The fraction of sp³-hybridized carbons (Fsp3) is 0.464. The molecule has 36 heavy (non-hydrogen) atoms. The van der Waals surface area contributed by atoms with Crippen molar-refractivity contribution < 1.29 is 14.4 Å². The minimum absolute atomic E-state index is 0.00725. The molecule has 3 N–H and O–H groups in total. The Morgan fingerprint density at radius 3 is 2.22 bits per heavy atom. The van der Waals surface area contributed by atoms with E-state index in [-0.39, 0.29) is 29.7 Å². The van der Waals surface area contributed by atoms with Crippen LogP contribution in [0.2, 0.25) is 0 Å². The monoisotopic (exact) mass is 491 g/mol. The molecule has 0 bridgehead atoms. The van der Waals surface area contributed by atoms with Crippen LogP contribution in [0.15, 0.2) is 54.6 Å². The number of nitrogens with two attached hydrogens (primary N) is 1. The van der Waals surface area contributed by atoms with Crippen molar-refractivity contribution in [2.45, 2.75) is 44.6 Å². The van der Waals surface area contributed by atoms with Gasteiger partial charge in [0, 0.05) is 37.4 Å². The summed E-state index contributed by atoms with van der Waals surface area (Å²) in [5, 5.41) is 2.75. The van der Waals surface area contributed by atoms with Crippen LogP contribution in [-0.4, -0.2) is 72.5 Å². The number of nitrogens with zero attached hydrogens (tertiary/aromatic N) is 3. The van der Waals surface area contributed by atoms with Gasteiger partial charge in [0.05, 0.1) is 6.67 Å². The van der Waals surface area contributed by atoms with Gasteiger partial charge in [0.1, 0.15) is 12.1 Å². The van der Waals surface area contributed by atoms with Crippen LogP contribution in [0.5, 0.6) is 0 Å². The zero-order valence-electron chi connectivity index (χ0n) is 21.5. The first kappa shape index (κ1) is 25.7. The Kier molecular flexibility index (Phi) is 7.36. The highest BCUT2D eigenvalue weighted by molar-refractivity contribution is 5.97. The molecule has 4 rings (SSSR count). The van der Waals surface area contributed by atoms with Gasteiger partial charge in [-0.1, -0.05) is 51.1 Å². The van der Waals surface area contributed by atoms with Crippen LogP contribution < -0.4 is 16.0 Å². The zero-order chi connectivity index (χ0) is 25.9. The summed E-state index contributed by atoms with van der Waals surface area (Å²) in [4.78, 5) is 44.9. The number of rotatable bonds is 6. The Balaban J connectivity index is 1.51. The average Bonchev–Trinajstić information content (AvgIpc) is 3.13. The molecule has 192 valence electrons. The topological polar surface area (TPSA) is 99.0 Å². The number of anilines is 1. The van der Waals surface area contributed by atoms with E-state index in [0.29, 0.717) is 51.3 Å². The molecule has 2 saturated heterocycles. The highest BCUT2D eigenvalue weighted by Gasteiger charge is 2.54. The average molecular weight is 492 g/mol. The summed E-state index contributed by atoms with van der Waals surface area (Å²) in [6.45, 7) is 8.45. The number of para-hydroxylation sites is 1. The smallest absolute Gasteiger partial charge is 0.253 e. The summed E-state index contributed by atoms with van der Waals surface area (Å²) in [5.41, 5.74) is 7.52. The van der Waals surface area contributed by atoms with Crippen molar-refractivity contribution in [1.82, 2.24) is 15.1 Å². The molecule has 2 heterocycles. The Hall–Kier alpha value is -3.39. The summed E-state index contributed by atoms with van der Waals surface area (Å²) in [7, 11) is 0. The second kappa shape index (κ2) is 10.3.